The fourth-order valence-electron chi connectivity index (χ4n) is 3.74. The second-order valence-corrected chi connectivity index (χ2v) is 5.88. The average Bonchev–Trinajstić information content (AvgIpc) is 2.73. The summed E-state index contributed by atoms with van der Waals surface area (Å²) in [4.78, 5) is 12.6. The van der Waals surface area contributed by atoms with Gasteiger partial charge in [0.25, 0.3) is 5.54 Å². The molecule has 3 aliphatic rings. The number of carbonyl (C=O) groups is 1. The van der Waals surface area contributed by atoms with Crippen LogP contribution in [0.25, 0.3) is 5.53 Å². The molecule has 1 saturated carbocycles. The van der Waals surface area contributed by atoms with Crippen LogP contribution in [-0.4, -0.2) is 22.6 Å². The molecular weight excluding hydrogens is 212 g/mol. The molecule has 1 saturated heterocycles. The van der Waals surface area contributed by atoms with E-state index in [0.717, 1.165) is 44.9 Å². The Bertz CT molecular complexity index is 418. The lowest BCUT2D eigenvalue weighted by Crippen LogP contribution is -2.34. The molecule has 92 valence electrons. The van der Waals surface area contributed by atoms with Crippen molar-refractivity contribution in [2.45, 2.75) is 57.4 Å². The SMILES string of the molecule is CCCCC1=CC2(CCCC2)C(=O)C12C[N+]2=[N-]. The maximum atomic E-state index is 12.6. The Kier molecular flexibility index (Phi) is 2.29. The van der Waals surface area contributed by atoms with Gasteiger partial charge in [-0.2, -0.15) is 0 Å². The normalized spacial score (nSPS) is 33.8. The van der Waals surface area contributed by atoms with Crippen molar-refractivity contribution in [3.05, 3.63) is 17.2 Å². The number of rotatable bonds is 3. The Morgan fingerprint density at radius 2 is 2.06 bits per heavy atom. The van der Waals surface area contributed by atoms with Gasteiger partial charge in [-0.3, -0.25) is 9.49 Å². The van der Waals surface area contributed by atoms with E-state index in [1.54, 1.807) is 0 Å². The van der Waals surface area contributed by atoms with Gasteiger partial charge in [0, 0.05) is 5.57 Å². The summed E-state index contributed by atoms with van der Waals surface area (Å²) in [5.41, 5.74) is 10.2. The Labute approximate surface area is 102 Å². The van der Waals surface area contributed by atoms with Crippen LogP contribution >= 0.6 is 0 Å². The summed E-state index contributed by atoms with van der Waals surface area (Å²) in [5.74, 6) is 0.288. The number of nitrogens with zero attached hydrogens (tertiary/aromatic N) is 2. The minimum Gasteiger partial charge on any atom is -0.505 e. The van der Waals surface area contributed by atoms with Crippen LogP contribution in [0.2, 0.25) is 0 Å². The zero-order valence-electron chi connectivity index (χ0n) is 10.5. The molecule has 2 fully saturated rings. The highest BCUT2D eigenvalue weighted by Crippen LogP contribution is 2.56. The van der Waals surface area contributed by atoms with Crippen LogP contribution in [0.1, 0.15) is 51.9 Å². The van der Waals surface area contributed by atoms with Gasteiger partial charge in [0.1, 0.15) is 0 Å². The van der Waals surface area contributed by atoms with Crippen LogP contribution in [0.5, 0.6) is 0 Å². The van der Waals surface area contributed by atoms with Gasteiger partial charge in [0.15, 0.2) is 0 Å². The van der Waals surface area contributed by atoms with Crippen molar-refractivity contribution in [1.29, 1.82) is 0 Å². The molecule has 1 unspecified atom stereocenters. The highest BCUT2D eigenvalue weighted by atomic mass is 16.1. The zero-order valence-corrected chi connectivity index (χ0v) is 10.5. The second kappa shape index (κ2) is 3.50. The Morgan fingerprint density at radius 1 is 1.41 bits per heavy atom. The smallest absolute Gasteiger partial charge is 0.290 e. The largest absolute Gasteiger partial charge is 0.505 e. The van der Waals surface area contributed by atoms with E-state index >= 15 is 0 Å². The fraction of sp³-hybridized carbons (Fsp3) is 0.786. The first-order chi connectivity index (χ1) is 8.16. The van der Waals surface area contributed by atoms with E-state index in [2.05, 4.69) is 13.0 Å². The van der Waals surface area contributed by atoms with E-state index in [9.17, 15) is 10.3 Å². The fourth-order valence-corrected chi connectivity index (χ4v) is 3.74. The van der Waals surface area contributed by atoms with Crippen molar-refractivity contribution in [1.82, 2.24) is 0 Å². The number of ketones is 1. The molecule has 3 rings (SSSR count). The molecule has 3 heteroatoms. The predicted molar refractivity (Wildman–Crippen MR) is 64.7 cm³/mol. The minimum absolute atomic E-state index is 0.208. The summed E-state index contributed by atoms with van der Waals surface area (Å²) in [6.07, 6.45) is 9.77. The number of hydrogen-bond acceptors (Lipinski definition) is 1. The average molecular weight is 232 g/mol. The predicted octanol–water partition coefficient (Wildman–Crippen LogP) is 3.03. The molecule has 3 nitrogen and oxygen atoms in total. The summed E-state index contributed by atoms with van der Waals surface area (Å²) < 4.78 is 1.25. The third kappa shape index (κ3) is 1.31. The summed E-state index contributed by atoms with van der Waals surface area (Å²) in [6.45, 7) is 2.70. The molecule has 1 aliphatic heterocycles. The first-order valence-corrected chi connectivity index (χ1v) is 6.89. The molecule has 0 radical (unpaired) electrons. The first-order valence-electron chi connectivity index (χ1n) is 6.89. The summed E-state index contributed by atoms with van der Waals surface area (Å²) in [6, 6.07) is 0. The lowest BCUT2D eigenvalue weighted by atomic mass is 9.82. The van der Waals surface area contributed by atoms with Gasteiger partial charge in [-0.1, -0.05) is 32.3 Å². The first kappa shape index (κ1) is 11.1. The molecule has 2 aliphatic carbocycles. The van der Waals surface area contributed by atoms with E-state index in [1.165, 1.54) is 10.3 Å². The van der Waals surface area contributed by atoms with Crippen LogP contribution in [0, 0.1) is 5.41 Å². The van der Waals surface area contributed by atoms with Crippen molar-refractivity contribution in [2.24, 2.45) is 5.41 Å². The Hall–Kier alpha value is -0.990. The topological polar surface area (TPSA) is 42.4 Å². The molecule has 0 bridgehead atoms. The summed E-state index contributed by atoms with van der Waals surface area (Å²) >= 11 is 0. The molecule has 0 aromatic carbocycles. The minimum atomic E-state index is -0.584. The lowest BCUT2D eigenvalue weighted by molar-refractivity contribution is -0.397. The molecular formula is C14H20N2O. The van der Waals surface area contributed by atoms with Crippen molar-refractivity contribution in [3.8, 4) is 0 Å². The van der Waals surface area contributed by atoms with Crippen LogP contribution < -0.4 is 0 Å². The van der Waals surface area contributed by atoms with Crippen molar-refractivity contribution < 1.29 is 9.49 Å². The van der Waals surface area contributed by atoms with E-state index < -0.39 is 5.54 Å². The van der Waals surface area contributed by atoms with Crippen LogP contribution in [-0.2, 0) is 4.79 Å². The maximum Gasteiger partial charge on any atom is 0.290 e. The van der Waals surface area contributed by atoms with Crippen molar-refractivity contribution in [2.75, 3.05) is 6.54 Å². The van der Waals surface area contributed by atoms with Gasteiger partial charge in [-0.05, 0) is 25.7 Å². The Balaban J connectivity index is 1.93. The van der Waals surface area contributed by atoms with Gasteiger partial charge in [0.05, 0.1) is 5.41 Å². The molecule has 0 aromatic rings. The van der Waals surface area contributed by atoms with Crippen molar-refractivity contribution >= 4 is 5.78 Å². The van der Waals surface area contributed by atoms with E-state index in [4.69, 9.17) is 0 Å². The summed E-state index contributed by atoms with van der Waals surface area (Å²) in [7, 11) is 0. The number of hydrogen-bond donors (Lipinski definition) is 0. The maximum absolute atomic E-state index is 12.6. The molecule has 1 atom stereocenters. The quantitative estimate of drug-likeness (QED) is 0.419. The van der Waals surface area contributed by atoms with Gasteiger partial charge >= 0.3 is 0 Å². The summed E-state index contributed by atoms with van der Waals surface area (Å²) in [5, 5.41) is 0. The number of Topliss-reactive ketones (excluding diaryl/α,β-unsaturated/α-hetero) is 1. The van der Waals surface area contributed by atoms with Crippen LogP contribution in [0.15, 0.2) is 11.6 Å². The van der Waals surface area contributed by atoms with Gasteiger partial charge in [-0.25, -0.2) is 0 Å². The molecule has 0 aromatic heterocycles. The number of carbonyl (C=O) groups excluding carboxylic acids is 1. The molecule has 0 amide bonds. The molecule has 0 N–H and O–H groups in total. The Morgan fingerprint density at radius 3 is 2.59 bits per heavy atom. The zero-order chi connectivity index (χ0) is 12.1. The highest BCUT2D eigenvalue weighted by molar-refractivity contribution is 6.02. The second-order valence-electron chi connectivity index (χ2n) is 5.88. The van der Waals surface area contributed by atoms with E-state index in [0.29, 0.717) is 6.54 Å². The monoisotopic (exact) mass is 232 g/mol. The number of unbranched alkanes of at least 4 members (excludes halogenated alkanes) is 1. The molecule has 1 heterocycles. The molecule has 17 heavy (non-hydrogen) atoms. The standard InChI is InChI=1S/C14H20N2O/c1-2-3-6-11-9-13(7-4-5-8-13)12(17)14(11)10-16(14)15/h9H,2-8,10H2,1H3. The lowest BCUT2D eigenvalue weighted by Gasteiger charge is -2.17. The van der Waals surface area contributed by atoms with E-state index in [1.807, 2.05) is 0 Å². The molecule has 2 spiro atoms. The van der Waals surface area contributed by atoms with E-state index in [-0.39, 0.29) is 11.2 Å². The highest BCUT2D eigenvalue weighted by Gasteiger charge is 2.72. The van der Waals surface area contributed by atoms with Crippen LogP contribution in [0.4, 0.5) is 0 Å². The third-order valence-corrected chi connectivity index (χ3v) is 4.82. The third-order valence-electron chi connectivity index (χ3n) is 4.82. The van der Waals surface area contributed by atoms with Gasteiger partial charge < -0.3 is 5.53 Å². The van der Waals surface area contributed by atoms with Crippen LogP contribution in [0.3, 0.4) is 0 Å². The van der Waals surface area contributed by atoms with Gasteiger partial charge in [0.2, 0.25) is 12.3 Å². The van der Waals surface area contributed by atoms with Gasteiger partial charge in [-0.15, -0.1) is 0 Å². The number of allylic oxidation sites excluding steroid dienone is 1. The van der Waals surface area contributed by atoms with Crippen molar-refractivity contribution in [3.63, 3.8) is 0 Å².